The molecule has 66 valence electrons. The number of furan rings is 1. The number of amides is 1. The zero-order valence-electron chi connectivity index (χ0n) is 6.71. The maximum Gasteiger partial charge on any atom is 0.254 e. The number of carbonyl (C=O) groups excluding carboxylic acids is 1. The van der Waals surface area contributed by atoms with Crippen LogP contribution < -0.4 is 5.32 Å². The van der Waals surface area contributed by atoms with E-state index in [-0.39, 0.29) is 11.9 Å². The van der Waals surface area contributed by atoms with Gasteiger partial charge in [-0.1, -0.05) is 0 Å². The molecule has 0 saturated heterocycles. The van der Waals surface area contributed by atoms with Crippen LogP contribution in [0.1, 0.15) is 17.3 Å². The van der Waals surface area contributed by atoms with Crippen molar-refractivity contribution in [3.8, 4) is 0 Å². The number of hydrogen-bond donors (Lipinski definition) is 1. The van der Waals surface area contributed by atoms with Crippen molar-refractivity contribution in [2.24, 2.45) is 0 Å². The summed E-state index contributed by atoms with van der Waals surface area (Å²) in [5, 5.41) is 2.70. The number of alkyl halides is 1. The van der Waals surface area contributed by atoms with E-state index >= 15 is 0 Å². The molecule has 1 rings (SSSR count). The minimum Gasteiger partial charge on any atom is -0.472 e. The fourth-order valence-corrected chi connectivity index (χ4v) is 0.817. The van der Waals surface area contributed by atoms with Gasteiger partial charge in [0.05, 0.1) is 11.8 Å². The maximum absolute atomic E-state index is 11.2. The van der Waals surface area contributed by atoms with Gasteiger partial charge in [-0.3, -0.25) is 4.79 Å². The lowest BCUT2D eigenvalue weighted by Gasteiger charge is -2.08. The predicted octanol–water partition coefficient (Wildman–Crippen LogP) is 1.64. The van der Waals surface area contributed by atoms with E-state index in [0.717, 1.165) is 0 Å². The highest BCUT2D eigenvalue weighted by molar-refractivity contribution is 6.18. The van der Waals surface area contributed by atoms with Crippen LogP contribution in [0, 0.1) is 0 Å². The van der Waals surface area contributed by atoms with Gasteiger partial charge in [0.25, 0.3) is 5.91 Å². The number of carbonyl (C=O) groups is 1. The highest BCUT2D eigenvalue weighted by atomic mass is 35.5. The Hall–Kier alpha value is -0.960. The number of halogens is 1. The molecule has 1 aromatic heterocycles. The van der Waals surface area contributed by atoms with Crippen molar-refractivity contribution >= 4 is 17.5 Å². The van der Waals surface area contributed by atoms with E-state index in [9.17, 15) is 4.79 Å². The van der Waals surface area contributed by atoms with Crippen LogP contribution in [0.2, 0.25) is 0 Å². The molecule has 0 bridgehead atoms. The molecule has 1 heterocycles. The smallest absolute Gasteiger partial charge is 0.254 e. The monoisotopic (exact) mass is 187 g/mol. The summed E-state index contributed by atoms with van der Waals surface area (Å²) in [6, 6.07) is 1.59. The average molecular weight is 188 g/mol. The highest BCUT2D eigenvalue weighted by Crippen LogP contribution is 2.00. The van der Waals surface area contributed by atoms with E-state index in [4.69, 9.17) is 16.0 Å². The molecular formula is C8H10ClNO2. The summed E-state index contributed by atoms with van der Waals surface area (Å²) in [6.45, 7) is 1.84. The lowest BCUT2D eigenvalue weighted by atomic mass is 10.3. The standard InChI is InChI=1S/C8H10ClNO2/c1-6(4-9)10-8(11)7-2-3-12-5-7/h2-3,5-6H,4H2,1H3,(H,10,11). The van der Waals surface area contributed by atoms with Crippen LogP contribution in [0.15, 0.2) is 23.0 Å². The van der Waals surface area contributed by atoms with Crippen molar-refractivity contribution in [3.63, 3.8) is 0 Å². The second-order valence-electron chi connectivity index (χ2n) is 2.54. The molecule has 0 saturated carbocycles. The molecule has 0 fully saturated rings. The fraction of sp³-hybridized carbons (Fsp3) is 0.375. The minimum atomic E-state index is -0.156. The Morgan fingerprint density at radius 2 is 2.58 bits per heavy atom. The molecule has 0 aliphatic rings. The van der Waals surface area contributed by atoms with E-state index in [0.29, 0.717) is 11.4 Å². The Morgan fingerprint density at radius 3 is 3.08 bits per heavy atom. The van der Waals surface area contributed by atoms with Crippen molar-refractivity contribution < 1.29 is 9.21 Å². The van der Waals surface area contributed by atoms with Crippen LogP contribution in [-0.2, 0) is 0 Å². The first kappa shape index (κ1) is 9.13. The Kier molecular flexibility index (Phi) is 3.17. The van der Waals surface area contributed by atoms with Crippen LogP contribution in [0.25, 0.3) is 0 Å². The Labute approximate surface area is 75.7 Å². The third-order valence-corrected chi connectivity index (χ3v) is 1.86. The van der Waals surface area contributed by atoms with Gasteiger partial charge in [0, 0.05) is 11.9 Å². The molecule has 1 aromatic rings. The fourth-order valence-electron chi connectivity index (χ4n) is 0.739. The second kappa shape index (κ2) is 4.16. The first-order valence-electron chi connectivity index (χ1n) is 3.63. The highest BCUT2D eigenvalue weighted by Gasteiger charge is 2.08. The molecule has 3 nitrogen and oxygen atoms in total. The summed E-state index contributed by atoms with van der Waals surface area (Å²) in [6.07, 6.45) is 2.86. The normalized spacial score (nSPS) is 12.5. The third-order valence-electron chi connectivity index (χ3n) is 1.39. The van der Waals surface area contributed by atoms with E-state index in [2.05, 4.69) is 5.32 Å². The van der Waals surface area contributed by atoms with Crippen LogP contribution in [0.5, 0.6) is 0 Å². The van der Waals surface area contributed by atoms with Crippen molar-refractivity contribution in [1.29, 1.82) is 0 Å². The van der Waals surface area contributed by atoms with Gasteiger partial charge in [-0.15, -0.1) is 11.6 Å². The van der Waals surface area contributed by atoms with Crippen molar-refractivity contribution in [2.45, 2.75) is 13.0 Å². The second-order valence-corrected chi connectivity index (χ2v) is 2.85. The van der Waals surface area contributed by atoms with Crippen LogP contribution >= 0.6 is 11.6 Å². The summed E-state index contributed by atoms with van der Waals surface area (Å²) in [4.78, 5) is 11.2. The predicted molar refractivity (Wildman–Crippen MR) is 46.4 cm³/mol. The molecule has 1 unspecified atom stereocenters. The Bertz CT molecular complexity index is 246. The van der Waals surface area contributed by atoms with Gasteiger partial charge in [0.15, 0.2) is 0 Å². The summed E-state index contributed by atoms with van der Waals surface area (Å²) in [5.41, 5.74) is 0.520. The van der Waals surface area contributed by atoms with Crippen molar-refractivity contribution in [2.75, 3.05) is 5.88 Å². The maximum atomic E-state index is 11.2. The van der Waals surface area contributed by atoms with Crippen molar-refractivity contribution in [1.82, 2.24) is 5.32 Å². The first-order chi connectivity index (χ1) is 5.74. The summed E-state index contributed by atoms with van der Waals surface area (Å²) in [7, 11) is 0. The van der Waals surface area contributed by atoms with Crippen LogP contribution in [-0.4, -0.2) is 17.8 Å². The third kappa shape index (κ3) is 2.27. The summed E-state index contributed by atoms with van der Waals surface area (Å²) >= 11 is 5.52. The van der Waals surface area contributed by atoms with E-state index in [1.807, 2.05) is 6.92 Å². The van der Waals surface area contributed by atoms with Gasteiger partial charge in [-0.2, -0.15) is 0 Å². The topological polar surface area (TPSA) is 42.2 Å². The van der Waals surface area contributed by atoms with Gasteiger partial charge in [0.1, 0.15) is 6.26 Å². The SMILES string of the molecule is CC(CCl)NC(=O)c1ccoc1. The molecule has 4 heteroatoms. The van der Waals surface area contributed by atoms with Gasteiger partial charge in [0.2, 0.25) is 0 Å². The lowest BCUT2D eigenvalue weighted by Crippen LogP contribution is -2.33. The van der Waals surface area contributed by atoms with Gasteiger partial charge in [-0.25, -0.2) is 0 Å². The molecule has 0 radical (unpaired) electrons. The molecule has 0 aliphatic carbocycles. The minimum absolute atomic E-state index is 0.0194. The molecule has 1 atom stereocenters. The Balaban J connectivity index is 2.50. The first-order valence-corrected chi connectivity index (χ1v) is 4.16. The summed E-state index contributed by atoms with van der Waals surface area (Å²) in [5.74, 6) is 0.251. The lowest BCUT2D eigenvalue weighted by molar-refractivity contribution is 0.0943. The molecule has 0 spiro atoms. The summed E-state index contributed by atoms with van der Waals surface area (Å²) < 4.78 is 4.76. The largest absolute Gasteiger partial charge is 0.472 e. The molecule has 1 N–H and O–H groups in total. The van der Waals surface area contributed by atoms with Crippen molar-refractivity contribution in [3.05, 3.63) is 24.2 Å². The van der Waals surface area contributed by atoms with Crippen LogP contribution in [0.4, 0.5) is 0 Å². The molecule has 0 aromatic carbocycles. The van der Waals surface area contributed by atoms with Gasteiger partial charge < -0.3 is 9.73 Å². The number of nitrogens with one attached hydrogen (secondary N) is 1. The quantitative estimate of drug-likeness (QED) is 0.731. The van der Waals surface area contributed by atoms with Gasteiger partial charge >= 0.3 is 0 Å². The number of rotatable bonds is 3. The van der Waals surface area contributed by atoms with E-state index in [1.165, 1.54) is 12.5 Å². The Morgan fingerprint density at radius 1 is 1.83 bits per heavy atom. The zero-order valence-corrected chi connectivity index (χ0v) is 7.47. The average Bonchev–Trinajstić information content (AvgIpc) is 2.56. The number of hydrogen-bond acceptors (Lipinski definition) is 2. The molecular weight excluding hydrogens is 178 g/mol. The van der Waals surface area contributed by atoms with Crippen LogP contribution in [0.3, 0.4) is 0 Å². The van der Waals surface area contributed by atoms with Gasteiger partial charge in [-0.05, 0) is 13.0 Å². The van der Waals surface area contributed by atoms with E-state index < -0.39 is 0 Å². The van der Waals surface area contributed by atoms with E-state index in [1.54, 1.807) is 6.07 Å². The molecule has 1 amide bonds. The molecule has 0 aliphatic heterocycles. The molecule has 12 heavy (non-hydrogen) atoms. The zero-order chi connectivity index (χ0) is 8.97.